The van der Waals surface area contributed by atoms with E-state index in [1.54, 1.807) is 20.8 Å². The number of nitrogens with zero attached hydrogens (tertiary/aromatic N) is 3. The van der Waals surface area contributed by atoms with Gasteiger partial charge in [-0.2, -0.15) is 0 Å². The van der Waals surface area contributed by atoms with Crippen LogP contribution in [0.5, 0.6) is 0 Å². The standard InChI is InChI=1S/C25H37N3O4/c1-17-7-5-6-8-21(17)26-11-13-27(14-12-26)22(30)20-16-25(10-9-19(20)15-25)28(32)23(31)24(3,4)18(2)29/h5-8,18-20,29,32H,9-16H2,1-4H3. The van der Waals surface area contributed by atoms with Gasteiger partial charge in [-0.05, 0) is 70.9 Å². The molecule has 4 rings (SSSR count). The van der Waals surface area contributed by atoms with Gasteiger partial charge in [0.2, 0.25) is 5.91 Å². The molecule has 3 fully saturated rings. The van der Waals surface area contributed by atoms with Crippen LogP contribution in [0.15, 0.2) is 24.3 Å². The zero-order valence-electron chi connectivity index (χ0n) is 19.8. The molecule has 0 aromatic heterocycles. The molecule has 1 aliphatic heterocycles. The minimum absolute atomic E-state index is 0.147. The molecule has 7 heteroatoms. The minimum Gasteiger partial charge on any atom is -0.392 e. The van der Waals surface area contributed by atoms with Crippen LogP contribution >= 0.6 is 0 Å². The molecule has 1 aromatic carbocycles. The highest BCUT2D eigenvalue weighted by Crippen LogP contribution is 2.55. The highest BCUT2D eigenvalue weighted by atomic mass is 16.5. The fourth-order valence-electron chi connectivity index (χ4n) is 5.81. The summed E-state index contributed by atoms with van der Waals surface area (Å²) < 4.78 is 0. The van der Waals surface area contributed by atoms with Gasteiger partial charge in [0.05, 0.1) is 17.1 Å². The Labute approximate surface area is 190 Å². The maximum Gasteiger partial charge on any atom is 0.254 e. The average molecular weight is 444 g/mol. The summed E-state index contributed by atoms with van der Waals surface area (Å²) in [6.07, 6.45) is 1.85. The maximum atomic E-state index is 13.4. The van der Waals surface area contributed by atoms with Crippen LogP contribution in [0.4, 0.5) is 5.69 Å². The number of anilines is 1. The van der Waals surface area contributed by atoms with Crippen molar-refractivity contribution in [1.29, 1.82) is 0 Å². The van der Waals surface area contributed by atoms with Gasteiger partial charge in [-0.1, -0.05) is 18.2 Å². The second-order valence-electron chi connectivity index (χ2n) is 10.7. The van der Waals surface area contributed by atoms with Crippen molar-refractivity contribution in [2.45, 2.75) is 65.0 Å². The monoisotopic (exact) mass is 443 g/mol. The Morgan fingerprint density at radius 1 is 1.16 bits per heavy atom. The van der Waals surface area contributed by atoms with E-state index in [1.807, 2.05) is 11.0 Å². The number of piperazine rings is 1. The number of amides is 2. The maximum absolute atomic E-state index is 13.4. The van der Waals surface area contributed by atoms with Crippen molar-refractivity contribution in [2.24, 2.45) is 17.3 Å². The van der Waals surface area contributed by atoms with Gasteiger partial charge in [-0.3, -0.25) is 14.8 Å². The molecule has 0 radical (unpaired) electrons. The first kappa shape index (κ1) is 23.1. The van der Waals surface area contributed by atoms with E-state index >= 15 is 0 Å². The highest BCUT2D eigenvalue weighted by molar-refractivity contribution is 5.83. The van der Waals surface area contributed by atoms with E-state index in [0.717, 1.165) is 24.6 Å². The molecule has 1 saturated heterocycles. The van der Waals surface area contributed by atoms with Gasteiger partial charge < -0.3 is 14.9 Å². The van der Waals surface area contributed by atoms with Gasteiger partial charge in [0.15, 0.2) is 0 Å². The number of aliphatic hydroxyl groups is 1. The molecular formula is C25H37N3O4. The number of carbonyl (C=O) groups is 2. The fourth-order valence-corrected chi connectivity index (χ4v) is 5.81. The number of aliphatic hydroxyl groups excluding tert-OH is 1. The van der Waals surface area contributed by atoms with Gasteiger partial charge in [-0.25, -0.2) is 5.06 Å². The van der Waals surface area contributed by atoms with E-state index in [-0.39, 0.29) is 17.7 Å². The van der Waals surface area contributed by atoms with Crippen molar-refractivity contribution < 1.29 is 19.9 Å². The van der Waals surface area contributed by atoms with Gasteiger partial charge >= 0.3 is 0 Å². The zero-order chi connectivity index (χ0) is 23.3. The van der Waals surface area contributed by atoms with Gasteiger partial charge in [-0.15, -0.1) is 0 Å². The van der Waals surface area contributed by atoms with Crippen molar-refractivity contribution in [3.05, 3.63) is 29.8 Å². The fraction of sp³-hybridized carbons (Fsp3) is 0.680. The number of hydroxylamine groups is 2. The molecule has 2 amide bonds. The van der Waals surface area contributed by atoms with Crippen LogP contribution in [0.2, 0.25) is 0 Å². The summed E-state index contributed by atoms with van der Waals surface area (Å²) in [5.74, 6) is -0.246. The SMILES string of the molecule is Cc1ccccc1N1CCN(C(=O)C2CC3(N(O)C(=O)C(C)(C)C(C)O)CCC2C3)CC1. The first-order valence-electron chi connectivity index (χ1n) is 11.9. The predicted molar refractivity (Wildman–Crippen MR) is 122 cm³/mol. The molecular weight excluding hydrogens is 406 g/mol. The first-order valence-corrected chi connectivity index (χ1v) is 11.9. The van der Waals surface area contributed by atoms with Gasteiger partial charge in [0.25, 0.3) is 5.91 Å². The summed E-state index contributed by atoms with van der Waals surface area (Å²) in [5.41, 5.74) is 0.719. The summed E-state index contributed by atoms with van der Waals surface area (Å²) in [6.45, 7) is 10.00. The Balaban J connectivity index is 1.40. The molecule has 2 saturated carbocycles. The van der Waals surface area contributed by atoms with Crippen molar-refractivity contribution >= 4 is 17.5 Å². The Hall–Kier alpha value is -2.12. The quantitative estimate of drug-likeness (QED) is 0.540. The second kappa shape index (κ2) is 8.34. The van der Waals surface area contributed by atoms with Crippen molar-refractivity contribution in [1.82, 2.24) is 9.96 Å². The average Bonchev–Trinajstić information content (AvgIpc) is 3.38. The topological polar surface area (TPSA) is 84.3 Å². The Morgan fingerprint density at radius 2 is 1.81 bits per heavy atom. The van der Waals surface area contributed by atoms with Crippen LogP contribution in [-0.4, -0.2) is 69.9 Å². The van der Waals surface area contributed by atoms with Gasteiger partial charge in [0.1, 0.15) is 0 Å². The van der Waals surface area contributed by atoms with Crippen LogP contribution in [0.3, 0.4) is 0 Å². The van der Waals surface area contributed by atoms with Crippen molar-refractivity contribution in [3.8, 4) is 0 Å². The first-order chi connectivity index (χ1) is 15.1. The van der Waals surface area contributed by atoms with Crippen LogP contribution in [0.1, 0.15) is 52.0 Å². The number of benzene rings is 1. The lowest BCUT2D eigenvalue weighted by atomic mass is 9.81. The summed E-state index contributed by atoms with van der Waals surface area (Å²) >= 11 is 0. The molecule has 4 atom stereocenters. The number of hydrogen-bond donors (Lipinski definition) is 2. The summed E-state index contributed by atoms with van der Waals surface area (Å²) in [7, 11) is 0. The number of rotatable bonds is 5. The normalized spacial score (nSPS) is 28.7. The molecule has 1 aromatic rings. The lowest BCUT2D eigenvalue weighted by Crippen LogP contribution is -2.55. The molecule has 2 aliphatic carbocycles. The number of aryl methyl sites for hydroxylation is 1. The highest BCUT2D eigenvalue weighted by Gasteiger charge is 2.59. The van der Waals surface area contributed by atoms with E-state index in [4.69, 9.17) is 0 Å². The molecule has 0 spiro atoms. The Bertz CT molecular complexity index is 878. The van der Waals surface area contributed by atoms with E-state index < -0.39 is 23.0 Å². The number of fused-ring (bicyclic) bond motifs is 2. The van der Waals surface area contributed by atoms with Crippen LogP contribution in [0, 0.1) is 24.2 Å². The Kier molecular flexibility index (Phi) is 6.01. The van der Waals surface area contributed by atoms with Gasteiger partial charge in [0, 0.05) is 37.8 Å². The molecule has 1 heterocycles. The summed E-state index contributed by atoms with van der Waals surface area (Å²) in [4.78, 5) is 30.7. The predicted octanol–water partition coefficient (Wildman–Crippen LogP) is 2.83. The third-order valence-electron chi connectivity index (χ3n) is 8.39. The third kappa shape index (κ3) is 3.79. The van der Waals surface area contributed by atoms with E-state index in [1.165, 1.54) is 11.3 Å². The largest absolute Gasteiger partial charge is 0.392 e. The van der Waals surface area contributed by atoms with Crippen LogP contribution in [0.25, 0.3) is 0 Å². The minimum atomic E-state index is -1.07. The van der Waals surface area contributed by atoms with E-state index in [2.05, 4.69) is 30.0 Å². The lowest BCUT2D eigenvalue weighted by Gasteiger charge is -2.42. The molecule has 176 valence electrons. The summed E-state index contributed by atoms with van der Waals surface area (Å²) in [5, 5.41) is 21.8. The van der Waals surface area contributed by atoms with E-state index in [0.29, 0.717) is 32.4 Å². The second-order valence-corrected chi connectivity index (χ2v) is 10.7. The lowest BCUT2D eigenvalue weighted by molar-refractivity contribution is -0.208. The van der Waals surface area contributed by atoms with Crippen molar-refractivity contribution in [2.75, 3.05) is 31.1 Å². The molecule has 32 heavy (non-hydrogen) atoms. The van der Waals surface area contributed by atoms with Crippen molar-refractivity contribution in [3.63, 3.8) is 0 Å². The molecule has 2 N–H and O–H groups in total. The Morgan fingerprint density at radius 3 is 2.44 bits per heavy atom. The molecule has 4 unspecified atom stereocenters. The smallest absolute Gasteiger partial charge is 0.254 e. The van der Waals surface area contributed by atoms with E-state index in [9.17, 15) is 19.9 Å². The summed E-state index contributed by atoms with van der Waals surface area (Å²) in [6, 6.07) is 8.34. The number of carbonyl (C=O) groups excluding carboxylic acids is 2. The third-order valence-corrected chi connectivity index (χ3v) is 8.39. The van der Waals surface area contributed by atoms with Crippen LogP contribution < -0.4 is 4.90 Å². The molecule has 7 nitrogen and oxygen atoms in total. The van der Waals surface area contributed by atoms with Crippen LogP contribution in [-0.2, 0) is 9.59 Å². The number of hydrogen-bond acceptors (Lipinski definition) is 5. The zero-order valence-corrected chi connectivity index (χ0v) is 19.8. The molecule has 3 aliphatic rings. The molecule has 2 bridgehead atoms. The number of para-hydroxylation sites is 1.